The van der Waals surface area contributed by atoms with E-state index in [1.54, 1.807) is 23.9 Å². The van der Waals surface area contributed by atoms with Gasteiger partial charge in [0.15, 0.2) is 5.69 Å². The Labute approximate surface area is 152 Å². The minimum Gasteiger partial charge on any atom is -0.476 e. The first kappa shape index (κ1) is 17.8. The fourth-order valence-corrected chi connectivity index (χ4v) is 2.75. The van der Waals surface area contributed by atoms with Gasteiger partial charge in [0.05, 0.1) is 11.3 Å². The molecule has 0 atom stereocenters. The van der Waals surface area contributed by atoms with E-state index < -0.39 is 17.6 Å². The number of carboxylic acid groups (broad SMARTS) is 1. The molecule has 3 aromatic rings. The maximum atomic E-state index is 14.0. The third kappa shape index (κ3) is 3.65. The topological polar surface area (TPSA) is 75.1 Å². The molecular formula is C18H13F2N3O2S. The van der Waals surface area contributed by atoms with Gasteiger partial charge in [0, 0.05) is 10.6 Å². The summed E-state index contributed by atoms with van der Waals surface area (Å²) in [5.74, 6) is -2.92. The van der Waals surface area contributed by atoms with Crippen molar-refractivity contribution in [3.63, 3.8) is 0 Å². The van der Waals surface area contributed by atoms with E-state index in [0.717, 1.165) is 17.0 Å². The Balaban J connectivity index is 2.05. The number of carboxylic acids is 1. The summed E-state index contributed by atoms with van der Waals surface area (Å²) in [6.07, 6.45) is 1.94. The SMILES string of the molecule is CSc1ccc(Nc2cc(-c3c(F)cccc3F)nnc2C(=O)O)cc1. The first-order valence-electron chi connectivity index (χ1n) is 7.46. The van der Waals surface area contributed by atoms with Crippen LogP contribution >= 0.6 is 11.8 Å². The average Bonchev–Trinajstić information content (AvgIpc) is 2.62. The fourth-order valence-electron chi connectivity index (χ4n) is 2.34. The Kier molecular flexibility index (Phi) is 5.13. The molecule has 0 amide bonds. The van der Waals surface area contributed by atoms with E-state index in [-0.39, 0.29) is 22.6 Å². The largest absolute Gasteiger partial charge is 0.476 e. The van der Waals surface area contributed by atoms with Crippen LogP contribution < -0.4 is 5.32 Å². The molecule has 0 aliphatic heterocycles. The molecule has 0 bridgehead atoms. The number of halogens is 2. The quantitative estimate of drug-likeness (QED) is 0.638. The van der Waals surface area contributed by atoms with Crippen molar-refractivity contribution in [2.45, 2.75) is 4.90 Å². The first-order chi connectivity index (χ1) is 12.5. The molecule has 26 heavy (non-hydrogen) atoms. The molecule has 0 radical (unpaired) electrons. The number of aromatic nitrogens is 2. The number of rotatable bonds is 5. The van der Waals surface area contributed by atoms with Gasteiger partial charge in [-0.3, -0.25) is 0 Å². The van der Waals surface area contributed by atoms with Crippen molar-refractivity contribution in [1.29, 1.82) is 0 Å². The van der Waals surface area contributed by atoms with Crippen molar-refractivity contribution < 1.29 is 18.7 Å². The molecule has 1 heterocycles. The number of benzene rings is 2. The lowest BCUT2D eigenvalue weighted by molar-refractivity contribution is 0.0690. The lowest BCUT2D eigenvalue weighted by Crippen LogP contribution is -2.08. The number of hydrogen-bond acceptors (Lipinski definition) is 5. The number of nitrogens with zero attached hydrogens (tertiary/aromatic N) is 2. The Bertz CT molecular complexity index is 945. The number of aromatic carboxylic acids is 1. The van der Waals surface area contributed by atoms with Crippen LogP contribution in [0.4, 0.5) is 20.2 Å². The summed E-state index contributed by atoms with van der Waals surface area (Å²) < 4.78 is 28.0. The van der Waals surface area contributed by atoms with E-state index in [1.165, 1.54) is 12.1 Å². The van der Waals surface area contributed by atoms with Gasteiger partial charge in [-0.2, -0.15) is 0 Å². The summed E-state index contributed by atoms with van der Waals surface area (Å²) in [6, 6.07) is 11.9. The number of anilines is 2. The van der Waals surface area contributed by atoms with Gasteiger partial charge in [0.2, 0.25) is 0 Å². The summed E-state index contributed by atoms with van der Waals surface area (Å²) >= 11 is 1.57. The highest BCUT2D eigenvalue weighted by Gasteiger charge is 2.19. The van der Waals surface area contributed by atoms with E-state index >= 15 is 0 Å². The zero-order valence-corrected chi connectivity index (χ0v) is 14.3. The number of hydrogen-bond donors (Lipinski definition) is 2. The Morgan fingerprint density at radius 1 is 1.08 bits per heavy atom. The molecule has 0 spiro atoms. The molecule has 5 nitrogen and oxygen atoms in total. The summed E-state index contributed by atoms with van der Waals surface area (Å²) in [4.78, 5) is 12.4. The van der Waals surface area contributed by atoms with Crippen molar-refractivity contribution in [1.82, 2.24) is 10.2 Å². The third-order valence-electron chi connectivity index (χ3n) is 3.58. The van der Waals surface area contributed by atoms with E-state index in [9.17, 15) is 18.7 Å². The van der Waals surface area contributed by atoms with Gasteiger partial charge in [-0.1, -0.05) is 6.07 Å². The van der Waals surface area contributed by atoms with Crippen LogP contribution in [-0.2, 0) is 0 Å². The molecule has 132 valence electrons. The summed E-state index contributed by atoms with van der Waals surface area (Å²) in [5.41, 5.74) is -0.119. The average molecular weight is 373 g/mol. The molecule has 2 N–H and O–H groups in total. The second-order valence-electron chi connectivity index (χ2n) is 5.25. The first-order valence-corrected chi connectivity index (χ1v) is 8.68. The molecule has 2 aromatic carbocycles. The van der Waals surface area contributed by atoms with Crippen LogP contribution in [-0.4, -0.2) is 27.5 Å². The monoisotopic (exact) mass is 373 g/mol. The van der Waals surface area contributed by atoms with E-state index in [4.69, 9.17) is 0 Å². The second kappa shape index (κ2) is 7.49. The summed E-state index contributed by atoms with van der Waals surface area (Å²) in [6.45, 7) is 0. The minimum absolute atomic E-state index is 0.0852. The molecule has 0 saturated carbocycles. The second-order valence-corrected chi connectivity index (χ2v) is 6.13. The molecule has 3 rings (SSSR count). The predicted octanol–water partition coefficient (Wildman–Crippen LogP) is 4.59. The minimum atomic E-state index is -1.30. The van der Waals surface area contributed by atoms with Crippen molar-refractivity contribution >= 4 is 29.1 Å². The van der Waals surface area contributed by atoms with Crippen LogP contribution in [0.2, 0.25) is 0 Å². The van der Waals surface area contributed by atoms with Gasteiger partial charge in [-0.25, -0.2) is 13.6 Å². The molecule has 8 heteroatoms. The Morgan fingerprint density at radius 2 is 1.73 bits per heavy atom. The molecule has 0 unspecified atom stereocenters. The Hall–Kier alpha value is -3.00. The molecule has 0 saturated heterocycles. The number of nitrogens with one attached hydrogen (secondary N) is 1. The summed E-state index contributed by atoms with van der Waals surface area (Å²) in [5, 5.41) is 19.5. The maximum Gasteiger partial charge on any atom is 0.358 e. The number of carbonyl (C=O) groups is 1. The zero-order valence-electron chi connectivity index (χ0n) is 13.5. The fraction of sp³-hybridized carbons (Fsp3) is 0.0556. The van der Waals surface area contributed by atoms with Crippen LogP contribution in [0.5, 0.6) is 0 Å². The molecule has 1 aromatic heterocycles. The normalized spacial score (nSPS) is 10.6. The lowest BCUT2D eigenvalue weighted by atomic mass is 10.1. The van der Waals surface area contributed by atoms with E-state index in [1.807, 2.05) is 18.4 Å². The van der Waals surface area contributed by atoms with Crippen molar-refractivity contribution in [2.75, 3.05) is 11.6 Å². The van der Waals surface area contributed by atoms with Crippen LogP contribution in [0.15, 0.2) is 53.4 Å². The highest BCUT2D eigenvalue weighted by molar-refractivity contribution is 7.98. The molecule has 0 aliphatic carbocycles. The van der Waals surface area contributed by atoms with Gasteiger partial charge in [-0.15, -0.1) is 22.0 Å². The standard InChI is InChI=1S/C18H13F2N3O2S/c1-26-11-7-5-10(6-8-11)21-15-9-14(22-23-17(15)18(24)25)16-12(19)3-2-4-13(16)20/h2-9H,1H3,(H,21,22)(H,24,25). The zero-order chi connectivity index (χ0) is 18.7. The maximum absolute atomic E-state index is 14.0. The highest BCUT2D eigenvalue weighted by Crippen LogP contribution is 2.29. The summed E-state index contributed by atoms with van der Waals surface area (Å²) in [7, 11) is 0. The molecular weight excluding hydrogens is 360 g/mol. The van der Waals surface area contributed by atoms with E-state index in [0.29, 0.717) is 5.69 Å². The van der Waals surface area contributed by atoms with Gasteiger partial charge in [-0.05, 0) is 48.7 Å². The Morgan fingerprint density at radius 3 is 2.31 bits per heavy atom. The van der Waals surface area contributed by atoms with Gasteiger partial charge in [0.25, 0.3) is 0 Å². The third-order valence-corrected chi connectivity index (χ3v) is 4.33. The smallest absolute Gasteiger partial charge is 0.358 e. The lowest BCUT2D eigenvalue weighted by Gasteiger charge is -2.11. The van der Waals surface area contributed by atoms with E-state index in [2.05, 4.69) is 15.5 Å². The van der Waals surface area contributed by atoms with Gasteiger partial charge >= 0.3 is 5.97 Å². The van der Waals surface area contributed by atoms with Gasteiger partial charge < -0.3 is 10.4 Å². The van der Waals surface area contributed by atoms with Crippen molar-refractivity contribution in [3.8, 4) is 11.3 Å². The highest BCUT2D eigenvalue weighted by atomic mass is 32.2. The van der Waals surface area contributed by atoms with Crippen molar-refractivity contribution in [2.24, 2.45) is 0 Å². The van der Waals surface area contributed by atoms with Crippen LogP contribution in [0.3, 0.4) is 0 Å². The van der Waals surface area contributed by atoms with Crippen molar-refractivity contribution in [3.05, 3.63) is 65.9 Å². The van der Waals surface area contributed by atoms with Crippen LogP contribution in [0.1, 0.15) is 10.5 Å². The van der Waals surface area contributed by atoms with Crippen LogP contribution in [0.25, 0.3) is 11.3 Å². The molecule has 0 fully saturated rings. The van der Waals surface area contributed by atoms with Crippen LogP contribution in [0, 0.1) is 11.6 Å². The van der Waals surface area contributed by atoms with Gasteiger partial charge in [0.1, 0.15) is 17.3 Å². The predicted molar refractivity (Wildman–Crippen MR) is 95.8 cm³/mol. The number of thioether (sulfide) groups is 1. The molecule has 0 aliphatic rings.